The van der Waals surface area contributed by atoms with Crippen LogP contribution in [0.1, 0.15) is 12.5 Å². The summed E-state index contributed by atoms with van der Waals surface area (Å²) in [6.45, 7) is 3.78. The van der Waals surface area contributed by atoms with E-state index in [-0.39, 0.29) is 4.90 Å². The average molecular weight is 459 g/mol. The van der Waals surface area contributed by atoms with Crippen LogP contribution < -0.4 is 14.4 Å². The Morgan fingerprint density at radius 3 is 2.32 bits per heavy atom. The fourth-order valence-corrected chi connectivity index (χ4v) is 4.51. The highest BCUT2D eigenvalue weighted by molar-refractivity contribution is 7.92. The number of hydrogen-bond acceptors (Lipinski definition) is 4. The molecular formula is C23H23ClN2O4S. The molecule has 1 amide bonds. The van der Waals surface area contributed by atoms with Gasteiger partial charge >= 0.3 is 0 Å². The first-order valence-electron chi connectivity index (χ1n) is 9.68. The summed E-state index contributed by atoms with van der Waals surface area (Å²) < 4.78 is 33.2. The third kappa shape index (κ3) is 5.57. The summed E-state index contributed by atoms with van der Waals surface area (Å²) in [6, 6.07) is 19.7. The van der Waals surface area contributed by atoms with E-state index in [1.54, 1.807) is 60.7 Å². The van der Waals surface area contributed by atoms with Gasteiger partial charge in [-0.1, -0.05) is 35.9 Å². The second kappa shape index (κ2) is 9.85. The van der Waals surface area contributed by atoms with Gasteiger partial charge in [0.25, 0.3) is 10.0 Å². The SMILES string of the molecule is CCOc1ccc(S(=O)(=O)N(CC(=O)Nc2ccc(C)c(Cl)c2)c2ccccc2)cc1. The number of ether oxygens (including phenoxy) is 1. The van der Waals surface area contributed by atoms with Crippen molar-refractivity contribution < 1.29 is 17.9 Å². The van der Waals surface area contributed by atoms with E-state index in [0.29, 0.717) is 28.8 Å². The molecular weight excluding hydrogens is 436 g/mol. The van der Waals surface area contributed by atoms with Crippen molar-refractivity contribution in [2.24, 2.45) is 0 Å². The van der Waals surface area contributed by atoms with Gasteiger partial charge in [-0.3, -0.25) is 9.10 Å². The molecule has 3 rings (SSSR count). The molecule has 0 atom stereocenters. The number of amides is 1. The quantitative estimate of drug-likeness (QED) is 0.522. The standard InChI is InChI=1S/C23H23ClN2O4S/c1-3-30-20-11-13-21(14-12-20)31(28,29)26(19-7-5-4-6-8-19)16-23(27)25-18-10-9-17(2)22(24)15-18/h4-15H,3,16H2,1-2H3,(H,25,27). The van der Waals surface area contributed by atoms with Crippen molar-refractivity contribution in [3.8, 4) is 5.75 Å². The third-order valence-electron chi connectivity index (χ3n) is 4.51. The summed E-state index contributed by atoms with van der Waals surface area (Å²) in [7, 11) is -4.00. The van der Waals surface area contributed by atoms with Crippen LogP contribution in [-0.4, -0.2) is 27.5 Å². The monoisotopic (exact) mass is 458 g/mol. The molecule has 162 valence electrons. The number of para-hydroxylation sites is 1. The Bertz CT molecular complexity index is 1150. The molecule has 31 heavy (non-hydrogen) atoms. The van der Waals surface area contributed by atoms with Gasteiger partial charge in [0, 0.05) is 10.7 Å². The van der Waals surface area contributed by atoms with Crippen molar-refractivity contribution in [3.05, 3.63) is 83.4 Å². The summed E-state index contributed by atoms with van der Waals surface area (Å²) in [4.78, 5) is 12.8. The van der Waals surface area contributed by atoms with E-state index in [9.17, 15) is 13.2 Å². The second-order valence-corrected chi connectivity index (χ2v) is 9.03. The van der Waals surface area contributed by atoms with Gasteiger partial charge in [-0.2, -0.15) is 0 Å². The first-order valence-corrected chi connectivity index (χ1v) is 11.5. The number of rotatable bonds is 8. The number of anilines is 2. The number of hydrogen-bond donors (Lipinski definition) is 1. The summed E-state index contributed by atoms with van der Waals surface area (Å²) in [6.07, 6.45) is 0. The topological polar surface area (TPSA) is 75.7 Å². The third-order valence-corrected chi connectivity index (χ3v) is 6.70. The van der Waals surface area contributed by atoms with Crippen LogP contribution in [0.4, 0.5) is 11.4 Å². The molecule has 6 nitrogen and oxygen atoms in total. The molecule has 0 bridgehead atoms. The first-order chi connectivity index (χ1) is 14.8. The van der Waals surface area contributed by atoms with Gasteiger partial charge in [-0.15, -0.1) is 0 Å². The largest absolute Gasteiger partial charge is 0.494 e. The van der Waals surface area contributed by atoms with Crippen LogP contribution in [0.25, 0.3) is 0 Å². The number of aryl methyl sites for hydroxylation is 1. The fraction of sp³-hybridized carbons (Fsp3) is 0.174. The van der Waals surface area contributed by atoms with Gasteiger partial charge in [-0.25, -0.2) is 8.42 Å². The van der Waals surface area contributed by atoms with Gasteiger partial charge in [0.05, 0.1) is 17.2 Å². The molecule has 3 aromatic carbocycles. The minimum atomic E-state index is -4.00. The molecule has 0 saturated heterocycles. The number of carbonyl (C=O) groups is 1. The number of nitrogens with one attached hydrogen (secondary N) is 1. The van der Waals surface area contributed by atoms with Crippen LogP contribution in [-0.2, 0) is 14.8 Å². The smallest absolute Gasteiger partial charge is 0.264 e. The fourth-order valence-electron chi connectivity index (χ4n) is 2.91. The van der Waals surface area contributed by atoms with E-state index in [4.69, 9.17) is 16.3 Å². The lowest BCUT2D eigenvalue weighted by Gasteiger charge is -2.24. The minimum absolute atomic E-state index is 0.0611. The highest BCUT2D eigenvalue weighted by Gasteiger charge is 2.27. The Labute approximate surface area is 187 Å². The maximum Gasteiger partial charge on any atom is 0.264 e. The number of carbonyl (C=O) groups excluding carboxylic acids is 1. The summed E-state index contributed by atoms with van der Waals surface area (Å²) in [5, 5.41) is 3.22. The van der Waals surface area contributed by atoms with Crippen molar-refractivity contribution in [2.75, 3.05) is 22.8 Å². The molecule has 0 aliphatic heterocycles. The van der Waals surface area contributed by atoms with Crippen LogP contribution in [0.2, 0.25) is 5.02 Å². The van der Waals surface area contributed by atoms with E-state index < -0.39 is 22.5 Å². The van der Waals surface area contributed by atoms with Crippen molar-refractivity contribution in [3.63, 3.8) is 0 Å². The molecule has 0 heterocycles. The lowest BCUT2D eigenvalue weighted by Crippen LogP contribution is -2.38. The van der Waals surface area contributed by atoms with Crippen LogP contribution in [0.15, 0.2) is 77.7 Å². The molecule has 1 N–H and O–H groups in total. The molecule has 0 radical (unpaired) electrons. The van der Waals surface area contributed by atoms with Crippen LogP contribution >= 0.6 is 11.6 Å². The zero-order valence-corrected chi connectivity index (χ0v) is 18.8. The summed E-state index contributed by atoms with van der Waals surface area (Å²) >= 11 is 6.12. The van der Waals surface area contributed by atoms with E-state index in [1.807, 2.05) is 13.8 Å². The molecule has 0 aliphatic rings. The van der Waals surface area contributed by atoms with Gasteiger partial charge < -0.3 is 10.1 Å². The molecule has 0 aromatic heterocycles. The Morgan fingerprint density at radius 1 is 1.03 bits per heavy atom. The highest BCUT2D eigenvalue weighted by atomic mass is 35.5. The number of halogens is 1. The Morgan fingerprint density at radius 2 is 1.71 bits per heavy atom. The Kier molecular flexibility index (Phi) is 7.20. The zero-order chi connectivity index (χ0) is 22.4. The zero-order valence-electron chi connectivity index (χ0n) is 17.2. The van der Waals surface area contributed by atoms with Crippen LogP contribution in [0.3, 0.4) is 0 Å². The molecule has 0 saturated carbocycles. The summed E-state index contributed by atoms with van der Waals surface area (Å²) in [5.41, 5.74) is 1.75. The van der Waals surface area contributed by atoms with Gasteiger partial charge in [0.15, 0.2) is 0 Å². The molecule has 3 aromatic rings. The second-order valence-electron chi connectivity index (χ2n) is 6.76. The van der Waals surface area contributed by atoms with E-state index in [2.05, 4.69) is 5.32 Å². The predicted molar refractivity (Wildman–Crippen MR) is 123 cm³/mol. The molecule has 0 spiro atoms. The molecule has 8 heteroatoms. The van der Waals surface area contributed by atoms with Crippen LogP contribution in [0.5, 0.6) is 5.75 Å². The first kappa shape index (κ1) is 22.7. The van der Waals surface area contributed by atoms with Crippen molar-refractivity contribution in [1.82, 2.24) is 0 Å². The van der Waals surface area contributed by atoms with Crippen molar-refractivity contribution >= 4 is 38.9 Å². The molecule has 0 unspecified atom stereocenters. The maximum atomic E-state index is 13.4. The molecule has 0 aliphatic carbocycles. The number of benzene rings is 3. The summed E-state index contributed by atoms with van der Waals surface area (Å²) in [5.74, 6) is 0.0833. The molecule has 0 fully saturated rings. The maximum absolute atomic E-state index is 13.4. The van der Waals surface area contributed by atoms with E-state index >= 15 is 0 Å². The lowest BCUT2D eigenvalue weighted by molar-refractivity contribution is -0.114. The Balaban J connectivity index is 1.89. The lowest BCUT2D eigenvalue weighted by atomic mass is 10.2. The average Bonchev–Trinajstić information content (AvgIpc) is 2.76. The van der Waals surface area contributed by atoms with E-state index in [0.717, 1.165) is 9.87 Å². The van der Waals surface area contributed by atoms with Gasteiger partial charge in [-0.05, 0) is 67.9 Å². The Hall–Kier alpha value is -3.03. The van der Waals surface area contributed by atoms with Gasteiger partial charge in [0.2, 0.25) is 5.91 Å². The highest BCUT2D eigenvalue weighted by Crippen LogP contribution is 2.25. The number of nitrogens with zero attached hydrogens (tertiary/aromatic N) is 1. The minimum Gasteiger partial charge on any atom is -0.494 e. The van der Waals surface area contributed by atoms with E-state index in [1.165, 1.54) is 12.1 Å². The normalized spacial score (nSPS) is 11.1. The van der Waals surface area contributed by atoms with Gasteiger partial charge in [0.1, 0.15) is 12.3 Å². The predicted octanol–water partition coefficient (Wildman–Crippen LogP) is 4.88. The van der Waals surface area contributed by atoms with Crippen LogP contribution in [0, 0.1) is 6.92 Å². The number of sulfonamides is 1. The van der Waals surface area contributed by atoms with Crippen molar-refractivity contribution in [2.45, 2.75) is 18.7 Å². The van der Waals surface area contributed by atoms with Crippen molar-refractivity contribution in [1.29, 1.82) is 0 Å².